The first kappa shape index (κ1) is 59.5. The third-order valence-corrected chi connectivity index (χ3v) is 16.2. The van der Waals surface area contributed by atoms with Crippen LogP contribution in [0.25, 0.3) is 11.1 Å². The normalized spacial score (nSPS) is 19.0. The second-order valence-electron chi connectivity index (χ2n) is 22.7. The fourth-order valence-electron chi connectivity index (χ4n) is 10.9. The Hall–Kier alpha value is -5.40. The van der Waals surface area contributed by atoms with Gasteiger partial charge in [0.25, 0.3) is 0 Å². The number of Topliss-reactive ketones (excluding diaryl/α,β-unsaturated/α-hetero) is 1. The van der Waals surface area contributed by atoms with Gasteiger partial charge in [-0.05, 0) is 130 Å². The van der Waals surface area contributed by atoms with E-state index in [1.54, 1.807) is 0 Å². The third kappa shape index (κ3) is 13.7. The fraction of sp³-hybridized carbons (Fsp3) is 0.667. The van der Waals surface area contributed by atoms with Gasteiger partial charge in [0, 0.05) is 69.6 Å². The first-order valence-electron chi connectivity index (χ1n) is 28.0. The van der Waals surface area contributed by atoms with Gasteiger partial charge in [-0.2, -0.15) is 0 Å². The zero-order chi connectivity index (χ0) is 54.7. The maximum Gasteiger partial charge on any atom is 0.508 e. The second-order valence-corrected chi connectivity index (χ2v) is 22.7. The molecule has 14 nitrogen and oxygen atoms in total. The van der Waals surface area contributed by atoms with E-state index in [2.05, 4.69) is 117 Å². The lowest BCUT2D eigenvalue weighted by Crippen LogP contribution is -2.42. The highest BCUT2D eigenvalue weighted by molar-refractivity contribution is 6.52. The number of benzene rings is 2. The topological polar surface area (TPSA) is 176 Å². The Morgan fingerprint density at radius 2 is 1.20 bits per heavy atom. The van der Waals surface area contributed by atoms with Gasteiger partial charge in [-0.1, -0.05) is 85.8 Å². The number of rotatable bonds is 27. The molecule has 0 saturated carbocycles. The highest BCUT2D eigenvalue weighted by Crippen LogP contribution is 2.50. The summed E-state index contributed by atoms with van der Waals surface area (Å²) in [7, 11) is 0. The van der Waals surface area contributed by atoms with Crippen LogP contribution >= 0.6 is 0 Å². The number of unbranched alkanes of at least 4 members (excludes halogenated alkanes) is 4. The summed E-state index contributed by atoms with van der Waals surface area (Å²) in [6.45, 7) is 30.7. The SMILES string of the molecule is CCCCC(CC)COC(=O)OCCCCC(=O)Nc1cc2c(cc1C1=C([O-])/C(=c3/cc4c(cc3NC(=O)CCCCOC(=O)OCC(CC)CCCC)=[N+](C(C)C)C(C)C4(C)C)C1=O)C(C)(C)C(C)N2C(C)C. The molecule has 5 rings (SSSR count). The van der Waals surface area contributed by atoms with Crippen molar-refractivity contribution >= 4 is 58.1 Å². The molecule has 0 bridgehead atoms. The number of allylic oxidation sites excluding steroid dienone is 2. The minimum Gasteiger partial charge on any atom is -0.871 e. The Morgan fingerprint density at radius 3 is 1.68 bits per heavy atom. The molecule has 2 aromatic rings. The van der Waals surface area contributed by atoms with Gasteiger partial charge < -0.3 is 39.6 Å². The number of amides is 2. The smallest absolute Gasteiger partial charge is 0.508 e. The summed E-state index contributed by atoms with van der Waals surface area (Å²) in [6.07, 6.45) is 8.75. The monoisotopic (exact) mass is 1030 g/mol. The van der Waals surface area contributed by atoms with Crippen molar-refractivity contribution in [2.75, 3.05) is 42.0 Å². The Bertz CT molecular complexity index is 2510. The van der Waals surface area contributed by atoms with E-state index in [-0.39, 0.29) is 84.0 Å². The molecule has 4 atom stereocenters. The molecule has 0 fully saturated rings. The molecule has 2 amide bonds. The van der Waals surface area contributed by atoms with Crippen molar-refractivity contribution in [3.63, 3.8) is 0 Å². The number of nitrogens with zero attached hydrogens (tertiary/aromatic N) is 2. The van der Waals surface area contributed by atoms with Gasteiger partial charge in [0.2, 0.25) is 17.2 Å². The third-order valence-electron chi connectivity index (χ3n) is 16.2. The highest BCUT2D eigenvalue weighted by atomic mass is 16.7. The van der Waals surface area contributed by atoms with Crippen molar-refractivity contribution in [1.29, 1.82) is 0 Å². The molecule has 2 heterocycles. The summed E-state index contributed by atoms with van der Waals surface area (Å²) >= 11 is 0. The van der Waals surface area contributed by atoms with Crippen molar-refractivity contribution in [2.45, 2.75) is 222 Å². The van der Waals surface area contributed by atoms with Crippen molar-refractivity contribution in [1.82, 2.24) is 4.58 Å². The van der Waals surface area contributed by atoms with Gasteiger partial charge in [-0.15, -0.1) is 0 Å². The van der Waals surface area contributed by atoms with Crippen LogP contribution in [0.1, 0.15) is 204 Å². The molecular weight excluding hydrogens is 937 g/mol. The molecule has 0 radical (unpaired) electrons. The van der Waals surface area contributed by atoms with E-state index < -0.39 is 23.9 Å². The van der Waals surface area contributed by atoms with Crippen LogP contribution in [-0.2, 0) is 44.2 Å². The molecule has 410 valence electrons. The van der Waals surface area contributed by atoms with Crippen molar-refractivity contribution < 1.29 is 48.0 Å². The number of nitrogens with one attached hydrogen (secondary N) is 2. The van der Waals surface area contributed by atoms with Crippen LogP contribution in [0.5, 0.6) is 0 Å². The van der Waals surface area contributed by atoms with E-state index in [9.17, 15) is 29.1 Å². The average molecular weight is 1030 g/mol. The quantitative estimate of drug-likeness (QED) is 0.0495. The average Bonchev–Trinajstić information content (AvgIpc) is 3.66. The fourth-order valence-corrected chi connectivity index (χ4v) is 10.9. The molecule has 14 heteroatoms. The number of ketones is 1. The zero-order valence-electron chi connectivity index (χ0n) is 47.5. The lowest BCUT2D eigenvalue weighted by molar-refractivity contribution is -0.292. The van der Waals surface area contributed by atoms with E-state index in [1.807, 2.05) is 24.3 Å². The zero-order valence-corrected chi connectivity index (χ0v) is 47.5. The van der Waals surface area contributed by atoms with E-state index >= 15 is 0 Å². The Kier molecular flexibility index (Phi) is 21.2. The predicted octanol–water partition coefficient (Wildman–Crippen LogP) is 10.6. The molecule has 2 aromatic carbocycles. The Labute approximate surface area is 442 Å². The lowest BCUT2D eigenvalue weighted by Gasteiger charge is -2.34. The Morgan fingerprint density at radius 1 is 0.676 bits per heavy atom. The highest BCUT2D eigenvalue weighted by Gasteiger charge is 2.47. The number of carbonyl (C=O) groups is 5. The van der Waals surface area contributed by atoms with E-state index in [4.69, 9.17) is 18.9 Å². The number of hydrogen-bond acceptors (Lipinski definition) is 11. The summed E-state index contributed by atoms with van der Waals surface area (Å²) in [5, 5.41) is 22.3. The number of ether oxygens (including phenoxy) is 4. The van der Waals surface area contributed by atoms with Crippen LogP contribution in [0.3, 0.4) is 0 Å². The minimum atomic E-state index is -0.705. The lowest BCUT2D eigenvalue weighted by atomic mass is 9.76. The van der Waals surface area contributed by atoms with Gasteiger partial charge in [-0.3, -0.25) is 14.4 Å². The molecule has 1 aliphatic carbocycles. The maximum atomic E-state index is 14.9. The molecule has 3 aliphatic rings. The summed E-state index contributed by atoms with van der Waals surface area (Å²) in [4.78, 5) is 69.4. The standard InChI is InChI=1S/C60H90N4O10/c1-15-19-25-41(17-3)35-73-57(69)71-29-23-21-27-51(65)61-47-33-49-45(59(11,12)39(9)63(49)37(5)6)31-43(47)53-55(67)54(56(53)68)44-32-46-50(64(38(7)8)40(10)60(46,13)14)34-48(44)62-52(66)28-22-24-30-72-58(70)74-36-42(18-4)26-20-16-2/h31-34,37-42H,15-30,35-36H2,1-14H3,(H2,61,62,65,66,67,68). The number of carbonyl (C=O) groups excluding carboxylic acids is 5. The molecule has 2 N–H and O–H groups in total. The van der Waals surface area contributed by atoms with Gasteiger partial charge in [-0.25, -0.2) is 14.2 Å². The molecule has 2 aliphatic heterocycles. The van der Waals surface area contributed by atoms with Crippen LogP contribution in [0.4, 0.5) is 26.7 Å². The second kappa shape index (κ2) is 26.4. The first-order valence-corrected chi connectivity index (χ1v) is 28.0. The molecule has 0 spiro atoms. The summed E-state index contributed by atoms with van der Waals surface area (Å²) in [6, 6.07) is 8.01. The first-order chi connectivity index (χ1) is 35.0. The van der Waals surface area contributed by atoms with E-state index in [0.29, 0.717) is 72.9 Å². The van der Waals surface area contributed by atoms with Gasteiger partial charge >= 0.3 is 12.3 Å². The van der Waals surface area contributed by atoms with Crippen molar-refractivity contribution in [3.05, 3.63) is 57.3 Å². The van der Waals surface area contributed by atoms with Gasteiger partial charge in [0.05, 0.1) is 43.2 Å². The van der Waals surface area contributed by atoms with E-state index in [0.717, 1.165) is 73.5 Å². The maximum absolute atomic E-state index is 14.9. The summed E-state index contributed by atoms with van der Waals surface area (Å²) in [5.41, 5.74) is 3.20. The van der Waals surface area contributed by atoms with Gasteiger partial charge in [0.15, 0.2) is 11.8 Å². The van der Waals surface area contributed by atoms with Crippen LogP contribution in [0, 0.1) is 11.8 Å². The number of hydrogen-bond donors (Lipinski definition) is 2. The molecular formula is C60H90N4O10. The largest absolute Gasteiger partial charge is 0.871 e. The number of fused-ring (bicyclic) bond motifs is 2. The molecule has 0 saturated heterocycles. The van der Waals surface area contributed by atoms with Gasteiger partial charge in [0.1, 0.15) is 6.04 Å². The van der Waals surface area contributed by atoms with Crippen molar-refractivity contribution in [3.8, 4) is 0 Å². The van der Waals surface area contributed by atoms with Crippen LogP contribution < -0.4 is 35.8 Å². The van der Waals surface area contributed by atoms with Crippen LogP contribution in [0.2, 0.25) is 0 Å². The minimum absolute atomic E-state index is 0.0182. The Balaban J connectivity index is 1.43. The van der Waals surface area contributed by atoms with E-state index in [1.165, 1.54) is 0 Å². The predicted molar refractivity (Wildman–Crippen MR) is 293 cm³/mol. The number of anilines is 3. The molecule has 0 aromatic heterocycles. The summed E-state index contributed by atoms with van der Waals surface area (Å²) in [5.74, 6) is -0.927. The molecule has 4 unspecified atom stereocenters. The molecule has 74 heavy (non-hydrogen) atoms. The van der Waals surface area contributed by atoms with Crippen LogP contribution in [-0.4, -0.2) is 80.5 Å². The van der Waals surface area contributed by atoms with Crippen LogP contribution in [0.15, 0.2) is 30.0 Å². The summed E-state index contributed by atoms with van der Waals surface area (Å²) < 4.78 is 23.7. The van der Waals surface area contributed by atoms with Crippen molar-refractivity contribution in [2.24, 2.45) is 11.8 Å².